The van der Waals surface area contributed by atoms with Crippen molar-refractivity contribution in [2.24, 2.45) is 0 Å². The molecule has 94 valence electrons. The summed E-state index contributed by atoms with van der Waals surface area (Å²) in [7, 11) is 0. The zero-order valence-corrected chi connectivity index (χ0v) is 10.6. The summed E-state index contributed by atoms with van der Waals surface area (Å²) in [6.07, 6.45) is 9.13. The van der Waals surface area contributed by atoms with Crippen molar-refractivity contribution in [2.75, 3.05) is 6.54 Å². The molecule has 5 heteroatoms. The normalized spacial score (nSPS) is 28.8. The van der Waals surface area contributed by atoms with Crippen LogP contribution in [-0.4, -0.2) is 34.6 Å². The number of hydrogen-bond donors (Lipinski definition) is 1. The van der Waals surface area contributed by atoms with Crippen molar-refractivity contribution in [3.05, 3.63) is 17.4 Å². The molecule has 17 heavy (non-hydrogen) atoms. The van der Waals surface area contributed by atoms with E-state index in [9.17, 15) is 0 Å². The van der Waals surface area contributed by atoms with Crippen molar-refractivity contribution >= 4 is 11.6 Å². The van der Waals surface area contributed by atoms with Crippen LogP contribution in [0.4, 0.5) is 0 Å². The van der Waals surface area contributed by atoms with Gasteiger partial charge in [-0.2, -0.15) is 5.10 Å². The zero-order valence-electron chi connectivity index (χ0n) is 9.81. The van der Waals surface area contributed by atoms with Crippen molar-refractivity contribution in [3.8, 4) is 0 Å². The third kappa shape index (κ3) is 3.21. The summed E-state index contributed by atoms with van der Waals surface area (Å²) in [6.45, 7) is 1.81. The Bertz CT molecular complexity index is 378. The molecule has 2 fully saturated rings. The maximum Gasteiger partial charge on any atom is 0.0785 e. The Morgan fingerprint density at radius 3 is 2.88 bits per heavy atom. The maximum atomic E-state index is 5.99. The Morgan fingerprint density at radius 2 is 2.18 bits per heavy atom. The summed E-state index contributed by atoms with van der Waals surface area (Å²) >= 11 is 5.83. The summed E-state index contributed by atoms with van der Waals surface area (Å²) in [6, 6.07) is 0.766. The van der Waals surface area contributed by atoms with Crippen LogP contribution in [0.1, 0.15) is 25.7 Å². The molecular formula is C12H18ClN3O. The highest BCUT2D eigenvalue weighted by atomic mass is 35.5. The monoisotopic (exact) mass is 255 g/mol. The van der Waals surface area contributed by atoms with Gasteiger partial charge in [-0.1, -0.05) is 11.6 Å². The molecule has 0 aromatic carbocycles. The van der Waals surface area contributed by atoms with Gasteiger partial charge < -0.3 is 10.1 Å². The molecule has 4 nitrogen and oxygen atoms in total. The standard InChI is InChI=1S/C12H18ClN3O/c13-9-5-15-16(7-9)8-12-4-3-11(17-12)6-14-10-1-2-10/h5,7,10-12,14H,1-4,6,8H2. The highest BCUT2D eigenvalue weighted by molar-refractivity contribution is 6.30. The Morgan fingerprint density at radius 1 is 1.35 bits per heavy atom. The molecule has 0 spiro atoms. The molecule has 0 amide bonds. The molecule has 1 aliphatic heterocycles. The van der Waals surface area contributed by atoms with E-state index in [-0.39, 0.29) is 6.10 Å². The summed E-state index contributed by atoms with van der Waals surface area (Å²) in [4.78, 5) is 0. The fraction of sp³-hybridized carbons (Fsp3) is 0.750. The molecule has 1 saturated carbocycles. The average molecular weight is 256 g/mol. The van der Waals surface area contributed by atoms with Crippen LogP contribution < -0.4 is 5.32 Å². The SMILES string of the molecule is Clc1cnn(CC2CCC(CNC3CC3)O2)c1. The van der Waals surface area contributed by atoms with Crippen LogP contribution in [0.2, 0.25) is 5.02 Å². The minimum atomic E-state index is 0.289. The molecule has 0 radical (unpaired) electrons. The third-order valence-electron chi connectivity index (χ3n) is 3.40. The number of nitrogens with zero attached hydrogens (tertiary/aromatic N) is 2. The lowest BCUT2D eigenvalue weighted by molar-refractivity contribution is 0.0340. The predicted octanol–water partition coefficient (Wildman–Crippen LogP) is 1.84. The Kier molecular flexibility index (Phi) is 3.36. The predicted molar refractivity (Wildman–Crippen MR) is 66.2 cm³/mol. The highest BCUT2D eigenvalue weighted by Gasteiger charge is 2.28. The van der Waals surface area contributed by atoms with Gasteiger partial charge in [-0.25, -0.2) is 0 Å². The lowest BCUT2D eigenvalue weighted by Gasteiger charge is -2.14. The first-order valence-electron chi connectivity index (χ1n) is 6.36. The number of hydrogen-bond acceptors (Lipinski definition) is 3. The fourth-order valence-corrected chi connectivity index (χ4v) is 2.45. The van der Waals surface area contributed by atoms with Gasteiger partial charge in [0.15, 0.2) is 0 Å². The molecule has 2 aliphatic rings. The fourth-order valence-electron chi connectivity index (χ4n) is 2.30. The van der Waals surface area contributed by atoms with E-state index < -0.39 is 0 Å². The highest BCUT2D eigenvalue weighted by Crippen LogP contribution is 2.23. The van der Waals surface area contributed by atoms with Crippen LogP contribution in [0.15, 0.2) is 12.4 Å². The molecule has 1 aliphatic carbocycles. The molecule has 1 N–H and O–H groups in total. The second-order valence-corrected chi connectivity index (χ2v) is 5.46. The number of nitrogens with one attached hydrogen (secondary N) is 1. The molecule has 2 heterocycles. The van der Waals surface area contributed by atoms with Gasteiger partial charge in [-0.15, -0.1) is 0 Å². The summed E-state index contributed by atoms with van der Waals surface area (Å²) in [5.74, 6) is 0. The van der Waals surface area contributed by atoms with E-state index in [1.54, 1.807) is 6.20 Å². The quantitative estimate of drug-likeness (QED) is 0.873. The average Bonchev–Trinajstić information content (AvgIpc) is 2.90. The number of ether oxygens (including phenoxy) is 1. The van der Waals surface area contributed by atoms with Gasteiger partial charge in [0.25, 0.3) is 0 Å². The first-order chi connectivity index (χ1) is 8.29. The summed E-state index contributed by atoms with van der Waals surface area (Å²) in [5, 5.41) is 8.39. The van der Waals surface area contributed by atoms with Gasteiger partial charge in [-0.3, -0.25) is 4.68 Å². The van der Waals surface area contributed by atoms with Gasteiger partial charge in [0, 0.05) is 18.8 Å². The van der Waals surface area contributed by atoms with E-state index in [1.165, 1.54) is 12.8 Å². The molecule has 1 aromatic rings. The van der Waals surface area contributed by atoms with Gasteiger partial charge in [-0.05, 0) is 25.7 Å². The summed E-state index contributed by atoms with van der Waals surface area (Å²) in [5.41, 5.74) is 0. The second kappa shape index (κ2) is 4.96. The van der Waals surface area contributed by atoms with Crippen LogP contribution in [0.5, 0.6) is 0 Å². The molecule has 2 unspecified atom stereocenters. The smallest absolute Gasteiger partial charge is 0.0785 e. The van der Waals surface area contributed by atoms with E-state index in [2.05, 4.69) is 10.4 Å². The lowest BCUT2D eigenvalue weighted by Crippen LogP contribution is -2.29. The molecule has 2 atom stereocenters. The molecular weight excluding hydrogens is 238 g/mol. The first kappa shape index (κ1) is 11.5. The van der Waals surface area contributed by atoms with E-state index in [1.807, 2.05) is 10.9 Å². The van der Waals surface area contributed by atoms with Crippen LogP contribution in [0.25, 0.3) is 0 Å². The Hall–Kier alpha value is -0.580. The van der Waals surface area contributed by atoms with Crippen LogP contribution in [0.3, 0.4) is 0 Å². The molecule has 3 rings (SSSR count). The van der Waals surface area contributed by atoms with Crippen molar-refractivity contribution in [1.82, 2.24) is 15.1 Å². The topological polar surface area (TPSA) is 39.1 Å². The third-order valence-corrected chi connectivity index (χ3v) is 3.59. The van der Waals surface area contributed by atoms with E-state index in [4.69, 9.17) is 16.3 Å². The van der Waals surface area contributed by atoms with Crippen LogP contribution >= 0.6 is 11.6 Å². The van der Waals surface area contributed by atoms with E-state index >= 15 is 0 Å². The lowest BCUT2D eigenvalue weighted by atomic mass is 10.2. The molecule has 1 saturated heterocycles. The largest absolute Gasteiger partial charge is 0.372 e. The van der Waals surface area contributed by atoms with E-state index in [0.29, 0.717) is 11.1 Å². The van der Waals surface area contributed by atoms with Crippen molar-refractivity contribution < 1.29 is 4.74 Å². The van der Waals surface area contributed by atoms with Crippen LogP contribution in [-0.2, 0) is 11.3 Å². The first-order valence-corrected chi connectivity index (χ1v) is 6.74. The molecule has 0 bridgehead atoms. The minimum absolute atomic E-state index is 0.289. The van der Waals surface area contributed by atoms with Gasteiger partial charge >= 0.3 is 0 Å². The number of halogens is 1. The summed E-state index contributed by atoms with van der Waals surface area (Å²) < 4.78 is 7.85. The minimum Gasteiger partial charge on any atom is -0.372 e. The second-order valence-electron chi connectivity index (χ2n) is 5.02. The van der Waals surface area contributed by atoms with Crippen molar-refractivity contribution in [1.29, 1.82) is 0 Å². The maximum absolute atomic E-state index is 5.99. The number of rotatable bonds is 5. The Labute approximate surface area is 106 Å². The van der Waals surface area contributed by atoms with Crippen molar-refractivity contribution in [2.45, 2.75) is 50.5 Å². The van der Waals surface area contributed by atoms with E-state index in [0.717, 1.165) is 32.0 Å². The van der Waals surface area contributed by atoms with Gasteiger partial charge in [0.05, 0.1) is 30.0 Å². The van der Waals surface area contributed by atoms with Gasteiger partial charge in [0.2, 0.25) is 0 Å². The van der Waals surface area contributed by atoms with Crippen LogP contribution in [0, 0.1) is 0 Å². The van der Waals surface area contributed by atoms with Crippen molar-refractivity contribution in [3.63, 3.8) is 0 Å². The van der Waals surface area contributed by atoms with Gasteiger partial charge in [0.1, 0.15) is 0 Å². The Balaban J connectivity index is 1.43. The molecule has 1 aromatic heterocycles. The number of aromatic nitrogens is 2. The zero-order chi connectivity index (χ0) is 11.7.